The fraction of sp³-hybridized carbons (Fsp3) is 0.500. The minimum Gasteiger partial charge on any atom is -0.0727 e. The molecule has 0 nitrogen and oxygen atoms in total. The molecule has 0 bridgehead atoms. The zero-order chi connectivity index (χ0) is 10.4. The summed E-state index contributed by atoms with van der Waals surface area (Å²) in [5, 5.41) is 0. The highest BCUT2D eigenvalue weighted by molar-refractivity contribution is 9.25. The van der Waals surface area contributed by atoms with Crippen LogP contribution in [-0.4, -0.2) is 3.23 Å². The molecule has 0 saturated heterocycles. The van der Waals surface area contributed by atoms with Crippen molar-refractivity contribution in [3.05, 3.63) is 35.9 Å². The van der Waals surface area contributed by atoms with Crippen LogP contribution < -0.4 is 0 Å². The van der Waals surface area contributed by atoms with Crippen LogP contribution in [0.3, 0.4) is 0 Å². The van der Waals surface area contributed by atoms with Gasteiger partial charge in [0.1, 0.15) is 0 Å². The maximum absolute atomic E-state index is 3.67. The van der Waals surface area contributed by atoms with E-state index in [9.17, 15) is 0 Å². The van der Waals surface area contributed by atoms with Crippen LogP contribution in [-0.2, 0) is 6.42 Å². The molecule has 14 heavy (non-hydrogen) atoms. The molecular formula is C12H16Br2. The molecule has 78 valence electrons. The van der Waals surface area contributed by atoms with Crippen molar-refractivity contribution in [1.82, 2.24) is 0 Å². The summed E-state index contributed by atoms with van der Waals surface area (Å²) in [6.07, 6.45) is 4.66. The van der Waals surface area contributed by atoms with E-state index < -0.39 is 0 Å². The summed E-state index contributed by atoms with van der Waals surface area (Å²) in [5.41, 5.74) is 1.43. The van der Waals surface area contributed by atoms with E-state index in [-0.39, 0.29) is 3.23 Å². The van der Waals surface area contributed by atoms with E-state index >= 15 is 0 Å². The molecule has 0 amide bonds. The van der Waals surface area contributed by atoms with Gasteiger partial charge in [-0.3, -0.25) is 0 Å². The molecule has 0 N–H and O–H groups in total. The second kappa shape index (κ2) is 5.92. The average molecular weight is 320 g/mol. The quantitative estimate of drug-likeness (QED) is 0.677. The number of hydrogen-bond acceptors (Lipinski definition) is 0. The Labute approximate surface area is 103 Å². The van der Waals surface area contributed by atoms with Crippen LogP contribution in [0.2, 0.25) is 0 Å². The van der Waals surface area contributed by atoms with Gasteiger partial charge in [0, 0.05) is 0 Å². The van der Waals surface area contributed by atoms with E-state index in [1.807, 2.05) is 0 Å². The Morgan fingerprint density at radius 1 is 1.14 bits per heavy atom. The van der Waals surface area contributed by atoms with Crippen LogP contribution in [0.25, 0.3) is 0 Å². The summed E-state index contributed by atoms with van der Waals surface area (Å²) in [7, 11) is 0. The van der Waals surface area contributed by atoms with Gasteiger partial charge in [0.05, 0.1) is 3.23 Å². The van der Waals surface area contributed by atoms with E-state index in [1.54, 1.807) is 0 Å². The van der Waals surface area contributed by atoms with Crippen molar-refractivity contribution in [2.75, 3.05) is 0 Å². The third-order valence-electron chi connectivity index (χ3n) is 2.37. The standard InChI is InChI=1S/C12H16Br2/c1-2-12(13,14)10-6-9-11-7-4-3-5-8-11/h3-5,7-8H,2,6,9-10H2,1H3. The minimum absolute atomic E-state index is 0.148. The average Bonchev–Trinajstić information content (AvgIpc) is 2.19. The Balaban J connectivity index is 2.29. The first-order valence-corrected chi connectivity index (χ1v) is 6.64. The van der Waals surface area contributed by atoms with Crippen molar-refractivity contribution in [3.8, 4) is 0 Å². The third kappa shape index (κ3) is 4.61. The molecule has 0 heterocycles. The summed E-state index contributed by atoms with van der Waals surface area (Å²) in [5.74, 6) is 0. The van der Waals surface area contributed by atoms with Gasteiger partial charge in [0.15, 0.2) is 0 Å². The fourth-order valence-electron chi connectivity index (χ4n) is 1.37. The first kappa shape index (κ1) is 12.3. The Hall–Kier alpha value is 0.180. The second-order valence-electron chi connectivity index (χ2n) is 3.55. The number of aryl methyl sites for hydroxylation is 1. The first-order valence-electron chi connectivity index (χ1n) is 5.06. The zero-order valence-corrected chi connectivity index (χ0v) is 11.6. The normalized spacial score (nSPS) is 11.6. The second-order valence-corrected chi connectivity index (χ2v) is 7.65. The lowest BCUT2D eigenvalue weighted by atomic mass is 10.1. The number of benzene rings is 1. The molecule has 2 heteroatoms. The fourth-order valence-corrected chi connectivity index (χ4v) is 1.93. The topological polar surface area (TPSA) is 0 Å². The molecule has 1 aromatic rings. The van der Waals surface area contributed by atoms with Crippen molar-refractivity contribution in [2.24, 2.45) is 0 Å². The number of alkyl halides is 2. The van der Waals surface area contributed by atoms with Gasteiger partial charge >= 0.3 is 0 Å². The molecule has 0 aliphatic carbocycles. The SMILES string of the molecule is CCC(Br)(Br)CCCc1ccccc1. The van der Waals surface area contributed by atoms with Crippen molar-refractivity contribution in [2.45, 2.75) is 35.8 Å². The molecule has 0 aromatic heterocycles. The zero-order valence-electron chi connectivity index (χ0n) is 8.47. The Morgan fingerprint density at radius 2 is 1.79 bits per heavy atom. The molecule has 0 aliphatic heterocycles. The third-order valence-corrected chi connectivity index (χ3v) is 4.28. The molecule has 0 spiro atoms. The lowest BCUT2D eigenvalue weighted by Crippen LogP contribution is -2.09. The van der Waals surface area contributed by atoms with E-state index in [0.29, 0.717) is 0 Å². The molecule has 1 rings (SSSR count). The van der Waals surface area contributed by atoms with E-state index in [0.717, 1.165) is 6.42 Å². The number of hydrogen-bond donors (Lipinski definition) is 0. The maximum Gasteiger partial charge on any atom is 0.0803 e. The first-order chi connectivity index (χ1) is 6.64. The molecule has 0 fully saturated rings. The monoisotopic (exact) mass is 318 g/mol. The van der Waals surface area contributed by atoms with E-state index in [1.165, 1.54) is 24.8 Å². The largest absolute Gasteiger partial charge is 0.0803 e. The Kier molecular flexibility index (Phi) is 5.18. The summed E-state index contributed by atoms with van der Waals surface area (Å²) in [4.78, 5) is 0. The van der Waals surface area contributed by atoms with Gasteiger partial charge < -0.3 is 0 Å². The highest BCUT2D eigenvalue weighted by Crippen LogP contribution is 2.35. The van der Waals surface area contributed by atoms with Gasteiger partial charge in [-0.15, -0.1) is 0 Å². The molecule has 1 aromatic carbocycles. The Bertz CT molecular complexity index is 254. The van der Waals surface area contributed by atoms with Crippen molar-refractivity contribution in [3.63, 3.8) is 0 Å². The highest BCUT2D eigenvalue weighted by atomic mass is 79.9. The highest BCUT2D eigenvalue weighted by Gasteiger charge is 2.18. The lowest BCUT2D eigenvalue weighted by Gasteiger charge is -2.17. The number of halogens is 2. The van der Waals surface area contributed by atoms with Gasteiger partial charge in [-0.1, -0.05) is 69.1 Å². The van der Waals surface area contributed by atoms with E-state index in [4.69, 9.17) is 0 Å². The van der Waals surface area contributed by atoms with Gasteiger partial charge in [-0.2, -0.15) is 0 Å². The molecule has 0 unspecified atom stereocenters. The van der Waals surface area contributed by atoms with Crippen molar-refractivity contribution >= 4 is 31.9 Å². The molecule has 0 radical (unpaired) electrons. The summed E-state index contributed by atoms with van der Waals surface area (Å²) >= 11 is 7.34. The van der Waals surface area contributed by atoms with Gasteiger partial charge in [0.25, 0.3) is 0 Å². The van der Waals surface area contributed by atoms with E-state index in [2.05, 4.69) is 69.1 Å². The molecule has 0 atom stereocenters. The smallest absolute Gasteiger partial charge is 0.0727 e. The molecule has 0 aliphatic rings. The summed E-state index contributed by atoms with van der Waals surface area (Å²) < 4.78 is 0.148. The van der Waals surface area contributed by atoms with Crippen LogP contribution in [0, 0.1) is 0 Å². The van der Waals surface area contributed by atoms with Crippen LogP contribution >= 0.6 is 31.9 Å². The predicted molar refractivity (Wildman–Crippen MR) is 70.3 cm³/mol. The Morgan fingerprint density at radius 3 is 2.36 bits per heavy atom. The van der Waals surface area contributed by atoms with Crippen LogP contribution in [0.5, 0.6) is 0 Å². The van der Waals surface area contributed by atoms with Crippen molar-refractivity contribution < 1.29 is 0 Å². The summed E-state index contributed by atoms with van der Waals surface area (Å²) in [6, 6.07) is 10.6. The minimum atomic E-state index is 0.148. The molecular weight excluding hydrogens is 304 g/mol. The number of rotatable bonds is 5. The van der Waals surface area contributed by atoms with Crippen LogP contribution in [0.15, 0.2) is 30.3 Å². The maximum atomic E-state index is 3.67. The lowest BCUT2D eigenvalue weighted by molar-refractivity contribution is 0.664. The van der Waals surface area contributed by atoms with Crippen LogP contribution in [0.4, 0.5) is 0 Å². The van der Waals surface area contributed by atoms with Gasteiger partial charge in [0.2, 0.25) is 0 Å². The van der Waals surface area contributed by atoms with Crippen LogP contribution in [0.1, 0.15) is 31.7 Å². The summed E-state index contributed by atoms with van der Waals surface area (Å²) in [6.45, 7) is 2.19. The predicted octanol–water partition coefficient (Wildman–Crippen LogP) is 4.91. The van der Waals surface area contributed by atoms with Gasteiger partial charge in [-0.25, -0.2) is 0 Å². The molecule has 0 saturated carbocycles. The van der Waals surface area contributed by atoms with Gasteiger partial charge in [-0.05, 0) is 31.2 Å². The van der Waals surface area contributed by atoms with Crippen molar-refractivity contribution in [1.29, 1.82) is 0 Å².